The van der Waals surface area contributed by atoms with Crippen LogP contribution in [-0.2, 0) is 0 Å². The Kier molecular flexibility index (Phi) is 3.55. The van der Waals surface area contributed by atoms with Gasteiger partial charge in [-0.05, 0) is 43.6 Å². The first-order valence-electron chi connectivity index (χ1n) is 6.55. The van der Waals surface area contributed by atoms with Crippen molar-refractivity contribution in [1.82, 2.24) is 4.90 Å². The van der Waals surface area contributed by atoms with Crippen molar-refractivity contribution in [2.45, 2.75) is 52.0 Å². The minimum Gasteiger partial charge on any atom is -0.393 e. The lowest BCUT2D eigenvalue weighted by Gasteiger charge is -2.31. The summed E-state index contributed by atoms with van der Waals surface area (Å²) in [5, 5.41) is 0. The molecule has 2 aliphatic rings. The summed E-state index contributed by atoms with van der Waals surface area (Å²) in [5.74, 6) is 0.781. The van der Waals surface area contributed by atoms with E-state index in [1.807, 2.05) is 0 Å². The molecule has 1 heterocycles. The zero-order chi connectivity index (χ0) is 11.8. The SMILES string of the molecule is CC(C)C1CCCN1CC1(CC(N)=S)CC1. The Bertz CT molecular complexity index is 271. The highest BCUT2D eigenvalue weighted by atomic mass is 32.1. The van der Waals surface area contributed by atoms with Crippen molar-refractivity contribution in [3.8, 4) is 0 Å². The van der Waals surface area contributed by atoms with Crippen LogP contribution in [0.15, 0.2) is 0 Å². The molecule has 0 aromatic heterocycles. The van der Waals surface area contributed by atoms with Crippen LogP contribution in [0, 0.1) is 11.3 Å². The first kappa shape index (κ1) is 12.3. The molecule has 0 aromatic carbocycles. The fourth-order valence-electron chi connectivity index (χ4n) is 3.17. The Morgan fingerprint density at radius 3 is 2.69 bits per heavy atom. The number of likely N-dealkylation sites (tertiary alicyclic amines) is 1. The van der Waals surface area contributed by atoms with Crippen LogP contribution in [0.3, 0.4) is 0 Å². The second kappa shape index (κ2) is 4.61. The largest absolute Gasteiger partial charge is 0.393 e. The van der Waals surface area contributed by atoms with Gasteiger partial charge in [-0.3, -0.25) is 4.90 Å². The summed E-state index contributed by atoms with van der Waals surface area (Å²) in [7, 11) is 0. The molecule has 0 spiro atoms. The molecular weight excluding hydrogens is 216 g/mol. The summed E-state index contributed by atoms with van der Waals surface area (Å²) in [6.07, 6.45) is 6.35. The third-order valence-electron chi connectivity index (χ3n) is 4.23. The first-order chi connectivity index (χ1) is 7.52. The number of hydrogen-bond donors (Lipinski definition) is 1. The van der Waals surface area contributed by atoms with E-state index in [4.69, 9.17) is 18.0 Å². The predicted molar refractivity (Wildman–Crippen MR) is 72.5 cm³/mol. The molecule has 1 atom stereocenters. The van der Waals surface area contributed by atoms with Crippen molar-refractivity contribution in [3.63, 3.8) is 0 Å². The van der Waals surface area contributed by atoms with E-state index in [1.54, 1.807) is 0 Å². The van der Waals surface area contributed by atoms with Crippen LogP contribution in [0.2, 0.25) is 0 Å². The molecule has 0 aromatic rings. The third-order valence-corrected chi connectivity index (χ3v) is 4.37. The standard InChI is InChI=1S/C13H24N2S/c1-10(2)11-4-3-7-15(11)9-13(5-6-13)8-12(14)16/h10-11H,3-9H2,1-2H3,(H2,14,16). The number of thiocarbonyl (C=S) groups is 1. The molecular formula is C13H24N2S. The topological polar surface area (TPSA) is 29.3 Å². The first-order valence-corrected chi connectivity index (χ1v) is 6.96. The Hall–Kier alpha value is -0.150. The summed E-state index contributed by atoms with van der Waals surface area (Å²) < 4.78 is 0. The van der Waals surface area contributed by atoms with E-state index in [0.29, 0.717) is 10.4 Å². The lowest BCUT2D eigenvalue weighted by atomic mass is 9.98. The molecule has 0 amide bonds. The summed E-state index contributed by atoms with van der Waals surface area (Å²) in [4.78, 5) is 3.40. The Morgan fingerprint density at radius 2 is 2.19 bits per heavy atom. The maximum absolute atomic E-state index is 5.70. The highest BCUT2D eigenvalue weighted by Gasteiger charge is 2.45. The zero-order valence-electron chi connectivity index (χ0n) is 10.5. The number of nitrogens with two attached hydrogens (primary N) is 1. The summed E-state index contributed by atoms with van der Waals surface area (Å²) in [5.41, 5.74) is 6.16. The van der Waals surface area contributed by atoms with Crippen LogP contribution in [-0.4, -0.2) is 29.0 Å². The summed E-state index contributed by atoms with van der Waals surface area (Å²) in [6.45, 7) is 7.20. The van der Waals surface area contributed by atoms with Gasteiger partial charge >= 0.3 is 0 Å². The van der Waals surface area contributed by atoms with Gasteiger partial charge in [-0.15, -0.1) is 0 Å². The van der Waals surface area contributed by atoms with Gasteiger partial charge in [0.25, 0.3) is 0 Å². The second-order valence-corrected chi connectivity index (χ2v) is 6.59. The van der Waals surface area contributed by atoms with Crippen LogP contribution >= 0.6 is 12.2 Å². The Balaban J connectivity index is 1.91. The van der Waals surface area contributed by atoms with Gasteiger partial charge in [-0.2, -0.15) is 0 Å². The summed E-state index contributed by atoms with van der Waals surface area (Å²) >= 11 is 5.06. The summed E-state index contributed by atoms with van der Waals surface area (Å²) in [6, 6.07) is 0.795. The molecule has 0 bridgehead atoms. The molecule has 0 radical (unpaired) electrons. The molecule has 2 fully saturated rings. The van der Waals surface area contributed by atoms with Gasteiger partial charge < -0.3 is 5.73 Å². The van der Waals surface area contributed by atoms with E-state index < -0.39 is 0 Å². The minimum absolute atomic E-state index is 0.462. The van der Waals surface area contributed by atoms with Crippen molar-refractivity contribution < 1.29 is 0 Å². The van der Waals surface area contributed by atoms with Crippen molar-refractivity contribution >= 4 is 17.2 Å². The molecule has 3 heteroatoms. The highest BCUT2D eigenvalue weighted by molar-refractivity contribution is 7.80. The number of nitrogens with zero attached hydrogens (tertiary/aromatic N) is 1. The van der Waals surface area contributed by atoms with Gasteiger partial charge in [-0.1, -0.05) is 26.1 Å². The van der Waals surface area contributed by atoms with Gasteiger partial charge in [0.05, 0.1) is 4.99 Å². The van der Waals surface area contributed by atoms with Crippen LogP contribution in [0.4, 0.5) is 0 Å². The van der Waals surface area contributed by atoms with Crippen LogP contribution < -0.4 is 5.73 Å². The Labute approximate surface area is 105 Å². The molecule has 1 aliphatic carbocycles. The van der Waals surface area contributed by atoms with Crippen molar-refractivity contribution in [1.29, 1.82) is 0 Å². The average Bonchev–Trinajstić information content (AvgIpc) is 2.75. The molecule has 2 nitrogen and oxygen atoms in total. The van der Waals surface area contributed by atoms with Crippen molar-refractivity contribution in [2.75, 3.05) is 13.1 Å². The molecule has 16 heavy (non-hydrogen) atoms. The van der Waals surface area contributed by atoms with Crippen molar-refractivity contribution in [2.24, 2.45) is 17.1 Å². The van der Waals surface area contributed by atoms with E-state index in [0.717, 1.165) is 18.4 Å². The smallest absolute Gasteiger partial charge is 0.0733 e. The van der Waals surface area contributed by atoms with Gasteiger partial charge in [0.2, 0.25) is 0 Å². The molecule has 1 unspecified atom stereocenters. The third kappa shape index (κ3) is 2.75. The van der Waals surface area contributed by atoms with Crippen molar-refractivity contribution in [3.05, 3.63) is 0 Å². The molecule has 2 N–H and O–H groups in total. The van der Waals surface area contributed by atoms with E-state index in [1.165, 1.54) is 38.8 Å². The molecule has 1 saturated heterocycles. The maximum atomic E-state index is 5.70. The quantitative estimate of drug-likeness (QED) is 0.749. The fourth-order valence-corrected chi connectivity index (χ4v) is 3.48. The fraction of sp³-hybridized carbons (Fsp3) is 0.923. The Morgan fingerprint density at radius 1 is 1.50 bits per heavy atom. The van der Waals surface area contributed by atoms with E-state index >= 15 is 0 Å². The maximum Gasteiger partial charge on any atom is 0.0733 e. The molecule has 1 saturated carbocycles. The van der Waals surface area contributed by atoms with Crippen LogP contribution in [0.5, 0.6) is 0 Å². The van der Waals surface area contributed by atoms with E-state index in [-0.39, 0.29) is 0 Å². The highest BCUT2D eigenvalue weighted by Crippen LogP contribution is 2.50. The predicted octanol–water partition coefficient (Wildman–Crippen LogP) is 2.56. The van der Waals surface area contributed by atoms with Crippen LogP contribution in [0.25, 0.3) is 0 Å². The zero-order valence-corrected chi connectivity index (χ0v) is 11.4. The van der Waals surface area contributed by atoms with Gasteiger partial charge in [-0.25, -0.2) is 0 Å². The van der Waals surface area contributed by atoms with Gasteiger partial charge in [0, 0.05) is 19.0 Å². The van der Waals surface area contributed by atoms with E-state index in [9.17, 15) is 0 Å². The normalized spacial score (nSPS) is 28.6. The van der Waals surface area contributed by atoms with Crippen LogP contribution in [0.1, 0.15) is 46.0 Å². The average molecular weight is 240 g/mol. The monoisotopic (exact) mass is 240 g/mol. The molecule has 1 aliphatic heterocycles. The number of hydrogen-bond acceptors (Lipinski definition) is 2. The van der Waals surface area contributed by atoms with Gasteiger partial charge in [0.15, 0.2) is 0 Å². The van der Waals surface area contributed by atoms with E-state index in [2.05, 4.69) is 18.7 Å². The van der Waals surface area contributed by atoms with Gasteiger partial charge in [0.1, 0.15) is 0 Å². The lowest BCUT2D eigenvalue weighted by Crippen LogP contribution is -2.38. The number of rotatable bonds is 5. The molecule has 2 rings (SSSR count). The lowest BCUT2D eigenvalue weighted by molar-refractivity contribution is 0.171. The minimum atomic E-state index is 0.462. The second-order valence-electron chi connectivity index (χ2n) is 6.07. The molecule has 92 valence electrons.